The normalized spacial score (nSPS) is 10.1. The maximum Gasteiger partial charge on any atom is 0.338 e. The Morgan fingerprint density at radius 1 is 0.958 bits per heavy atom. The number of carbonyl (C=O) groups is 3. The zero-order valence-corrected chi connectivity index (χ0v) is 13.2. The Balaban J connectivity index is 2.54. The van der Waals surface area contributed by atoms with Crippen LogP contribution >= 0.6 is 0 Å². The summed E-state index contributed by atoms with van der Waals surface area (Å²) in [5.41, 5.74) is 0.233. The molecule has 0 unspecified atom stereocenters. The molecule has 0 spiro atoms. The predicted octanol–water partition coefficient (Wildman–Crippen LogP) is 2.59. The minimum absolute atomic E-state index is 0.0434. The second kappa shape index (κ2) is 7.41. The van der Waals surface area contributed by atoms with Gasteiger partial charge in [0.05, 0.1) is 30.4 Å². The molecule has 24 heavy (non-hydrogen) atoms. The number of hydrogen-bond donors (Lipinski definition) is 1. The van der Waals surface area contributed by atoms with Gasteiger partial charge >= 0.3 is 11.9 Å². The minimum Gasteiger partial charge on any atom is -0.507 e. The number of para-hydroxylation sites is 1. The molecule has 6 heteroatoms. The first-order valence-electron chi connectivity index (χ1n) is 7.21. The highest BCUT2D eigenvalue weighted by Gasteiger charge is 2.19. The molecule has 0 amide bonds. The number of esters is 2. The lowest BCUT2D eigenvalue weighted by Crippen LogP contribution is -2.11. The van der Waals surface area contributed by atoms with E-state index in [9.17, 15) is 19.5 Å². The number of benzene rings is 2. The van der Waals surface area contributed by atoms with E-state index < -0.39 is 17.7 Å². The van der Waals surface area contributed by atoms with Gasteiger partial charge in [-0.2, -0.15) is 0 Å². The topological polar surface area (TPSA) is 89.9 Å². The summed E-state index contributed by atoms with van der Waals surface area (Å²) in [6, 6.07) is 9.94. The van der Waals surface area contributed by atoms with Crippen LogP contribution in [0.4, 0.5) is 0 Å². The van der Waals surface area contributed by atoms with Gasteiger partial charge in [0.2, 0.25) is 0 Å². The van der Waals surface area contributed by atoms with Crippen LogP contribution in [0.3, 0.4) is 0 Å². The molecule has 0 aliphatic heterocycles. The molecule has 2 aromatic carbocycles. The van der Waals surface area contributed by atoms with E-state index in [0.29, 0.717) is 0 Å². The van der Waals surface area contributed by atoms with Crippen molar-refractivity contribution in [3.05, 3.63) is 64.7 Å². The van der Waals surface area contributed by atoms with Crippen LogP contribution in [-0.2, 0) is 9.47 Å². The predicted molar refractivity (Wildman–Crippen MR) is 85.3 cm³/mol. The summed E-state index contributed by atoms with van der Waals surface area (Å²) in [4.78, 5) is 36.3. The van der Waals surface area contributed by atoms with Gasteiger partial charge in [0.15, 0.2) is 5.78 Å². The molecule has 0 saturated carbocycles. The number of hydrogen-bond acceptors (Lipinski definition) is 6. The van der Waals surface area contributed by atoms with E-state index in [4.69, 9.17) is 4.74 Å². The van der Waals surface area contributed by atoms with Crippen LogP contribution in [0.2, 0.25) is 0 Å². The van der Waals surface area contributed by atoms with Gasteiger partial charge in [-0.1, -0.05) is 12.1 Å². The lowest BCUT2D eigenvalue weighted by atomic mass is 9.98. The van der Waals surface area contributed by atoms with Crippen LogP contribution in [0, 0.1) is 0 Å². The molecule has 2 aromatic rings. The lowest BCUT2D eigenvalue weighted by molar-refractivity contribution is 0.0526. The molecule has 1 N–H and O–H groups in total. The van der Waals surface area contributed by atoms with Gasteiger partial charge in [0.1, 0.15) is 5.75 Å². The molecule has 0 aliphatic carbocycles. The first kappa shape index (κ1) is 17.2. The van der Waals surface area contributed by atoms with Crippen LogP contribution < -0.4 is 0 Å². The van der Waals surface area contributed by atoms with Gasteiger partial charge in [0, 0.05) is 5.56 Å². The molecule has 2 rings (SSSR count). The van der Waals surface area contributed by atoms with Crippen LogP contribution in [0.5, 0.6) is 5.75 Å². The quantitative estimate of drug-likeness (QED) is 0.670. The molecular weight excluding hydrogens is 312 g/mol. The molecule has 0 aliphatic rings. The Bertz CT molecular complexity index is 794. The number of methoxy groups -OCH3 is 1. The minimum atomic E-state index is -0.688. The third-order valence-corrected chi connectivity index (χ3v) is 3.28. The van der Waals surface area contributed by atoms with E-state index in [-0.39, 0.29) is 34.6 Å². The highest BCUT2D eigenvalue weighted by Crippen LogP contribution is 2.22. The van der Waals surface area contributed by atoms with Crippen molar-refractivity contribution in [3.63, 3.8) is 0 Å². The third-order valence-electron chi connectivity index (χ3n) is 3.28. The molecule has 0 bridgehead atoms. The first-order chi connectivity index (χ1) is 11.5. The van der Waals surface area contributed by atoms with Crippen LogP contribution in [0.15, 0.2) is 42.5 Å². The second-order valence-corrected chi connectivity index (χ2v) is 4.86. The van der Waals surface area contributed by atoms with E-state index in [1.165, 1.54) is 37.4 Å². The average Bonchev–Trinajstić information content (AvgIpc) is 2.60. The highest BCUT2D eigenvalue weighted by atomic mass is 16.5. The smallest absolute Gasteiger partial charge is 0.338 e. The molecule has 0 aromatic heterocycles. The first-order valence-corrected chi connectivity index (χ1v) is 7.21. The summed E-state index contributed by atoms with van der Waals surface area (Å²) in [7, 11) is 1.20. The fourth-order valence-electron chi connectivity index (χ4n) is 2.15. The summed E-state index contributed by atoms with van der Waals surface area (Å²) in [6.45, 7) is 1.81. The fourth-order valence-corrected chi connectivity index (χ4v) is 2.15. The summed E-state index contributed by atoms with van der Waals surface area (Å²) in [5.74, 6) is -2.06. The Kier molecular flexibility index (Phi) is 5.31. The maximum atomic E-state index is 12.6. The highest BCUT2D eigenvalue weighted by molar-refractivity contribution is 6.12. The van der Waals surface area contributed by atoms with E-state index in [0.717, 1.165) is 0 Å². The standard InChI is InChI=1S/C18H16O6/c1-3-24-18(22)13-9-11(8-12(10-13)17(21)23-2)16(20)14-6-4-5-7-15(14)19/h4-10,19H,3H2,1-2H3. The number of aromatic hydroxyl groups is 1. The number of rotatable bonds is 5. The summed E-state index contributed by atoms with van der Waals surface area (Å²) < 4.78 is 9.55. The van der Waals surface area contributed by atoms with Gasteiger partial charge in [-0.25, -0.2) is 9.59 Å². The molecule has 6 nitrogen and oxygen atoms in total. The monoisotopic (exact) mass is 328 g/mol. The molecule has 0 heterocycles. The maximum absolute atomic E-state index is 12.6. The second-order valence-electron chi connectivity index (χ2n) is 4.86. The fraction of sp³-hybridized carbons (Fsp3) is 0.167. The molecular formula is C18H16O6. The number of phenolic OH excluding ortho intramolecular Hbond substituents is 1. The van der Waals surface area contributed by atoms with Crippen LogP contribution in [0.1, 0.15) is 43.6 Å². The van der Waals surface area contributed by atoms with Crippen molar-refractivity contribution in [2.75, 3.05) is 13.7 Å². The van der Waals surface area contributed by atoms with E-state index in [2.05, 4.69) is 4.74 Å². The van der Waals surface area contributed by atoms with Gasteiger partial charge in [-0.15, -0.1) is 0 Å². The van der Waals surface area contributed by atoms with Gasteiger partial charge in [-0.3, -0.25) is 4.79 Å². The van der Waals surface area contributed by atoms with E-state index in [1.54, 1.807) is 19.1 Å². The van der Waals surface area contributed by atoms with Gasteiger partial charge in [0.25, 0.3) is 0 Å². The largest absolute Gasteiger partial charge is 0.507 e. The van der Waals surface area contributed by atoms with Gasteiger partial charge < -0.3 is 14.6 Å². The van der Waals surface area contributed by atoms with E-state index in [1.807, 2.05) is 0 Å². The van der Waals surface area contributed by atoms with Crippen molar-refractivity contribution in [2.45, 2.75) is 6.92 Å². The summed E-state index contributed by atoms with van der Waals surface area (Å²) in [5, 5.41) is 9.83. The summed E-state index contributed by atoms with van der Waals surface area (Å²) in [6.07, 6.45) is 0. The zero-order chi connectivity index (χ0) is 17.7. The SMILES string of the molecule is CCOC(=O)c1cc(C(=O)OC)cc(C(=O)c2ccccc2O)c1. The third kappa shape index (κ3) is 3.60. The Morgan fingerprint density at radius 3 is 2.12 bits per heavy atom. The Hall–Kier alpha value is -3.15. The van der Waals surface area contributed by atoms with E-state index >= 15 is 0 Å². The molecule has 0 atom stereocenters. The van der Waals surface area contributed by atoms with Gasteiger partial charge in [-0.05, 0) is 37.3 Å². The van der Waals surface area contributed by atoms with Crippen molar-refractivity contribution in [2.24, 2.45) is 0 Å². The van der Waals surface area contributed by atoms with Crippen molar-refractivity contribution in [1.29, 1.82) is 0 Å². The molecule has 0 fully saturated rings. The molecule has 0 saturated heterocycles. The van der Waals surface area contributed by atoms with Crippen molar-refractivity contribution in [1.82, 2.24) is 0 Å². The van der Waals surface area contributed by atoms with Crippen LogP contribution in [0.25, 0.3) is 0 Å². The number of ether oxygens (including phenoxy) is 2. The van der Waals surface area contributed by atoms with Crippen molar-refractivity contribution < 1.29 is 29.0 Å². The number of phenols is 1. The molecule has 124 valence electrons. The number of ketones is 1. The number of carbonyl (C=O) groups excluding carboxylic acids is 3. The Labute approximate surface area is 138 Å². The molecule has 0 radical (unpaired) electrons. The lowest BCUT2D eigenvalue weighted by Gasteiger charge is -2.09. The summed E-state index contributed by atoms with van der Waals surface area (Å²) >= 11 is 0. The average molecular weight is 328 g/mol. The van der Waals surface area contributed by atoms with Crippen molar-refractivity contribution >= 4 is 17.7 Å². The van der Waals surface area contributed by atoms with Crippen molar-refractivity contribution in [3.8, 4) is 5.75 Å². The zero-order valence-electron chi connectivity index (χ0n) is 13.2. The van der Waals surface area contributed by atoms with Crippen LogP contribution in [-0.4, -0.2) is 36.5 Å². The Morgan fingerprint density at radius 2 is 1.54 bits per heavy atom.